The smallest absolute Gasteiger partial charge is 0.253 e. The first-order valence-electron chi connectivity index (χ1n) is 8.77. The lowest BCUT2D eigenvalue weighted by Gasteiger charge is -2.33. The number of benzene rings is 1. The van der Waals surface area contributed by atoms with E-state index in [9.17, 15) is 4.79 Å². The van der Waals surface area contributed by atoms with E-state index in [0.29, 0.717) is 13.2 Å². The fraction of sp³-hybridized carbons (Fsp3) is 0.556. The minimum Gasteiger partial charge on any atom is -0.494 e. The second-order valence-corrected chi connectivity index (χ2v) is 7.57. The highest BCUT2D eigenvalue weighted by molar-refractivity contribution is 7.22. The average Bonchev–Trinajstić information content (AvgIpc) is 3.32. The maximum Gasteiger partial charge on any atom is 0.253 e. The van der Waals surface area contributed by atoms with Crippen LogP contribution in [-0.2, 0) is 9.53 Å². The number of carbonyl (C=O) groups is 1. The molecule has 0 radical (unpaired) electrons. The molecule has 2 fully saturated rings. The molecule has 0 spiro atoms. The standard InChI is InChI=1S/C18H23N3O3S/c1-12-5-6-13(23-2)15-16(12)25-18(19-15)21-9-10-24-14(11-21)17(22)20-7-3-4-8-20/h5-6,14H,3-4,7-11H2,1-2H3. The third kappa shape index (κ3) is 3.06. The van der Waals surface area contributed by atoms with Crippen molar-refractivity contribution in [3.05, 3.63) is 17.7 Å². The van der Waals surface area contributed by atoms with Gasteiger partial charge in [0, 0.05) is 19.6 Å². The highest BCUT2D eigenvalue weighted by Crippen LogP contribution is 2.36. The van der Waals surface area contributed by atoms with Crippen LogP contribution < -0.4 is 9.64 Å². The van der Waals surface area contributed by atoms with Gasteiger partial charge in [-0.15, -0.1) is 0 Å². The third-order valence-electron chi connectivity index (χ3n) is 4.94. The Labute approximate surface area is 151 Å². The van der Waals surface area contributed by atoms with Crippen molar-refractivity contribution in [2.24, 2.45) is 0 Å². The van der Waals surface area contributed by atoms with E-state index in [2.05, 4.69) is 17.9 Å². The van der Waals surface area contributed by atoms with Gasteiger partial charge in [-0.3, -0.25) is 4.79 Å². The largest absolute Gasteiger partial charge is 0.494 e. The highest BCUT2D eigenvalue weighted by Gasteiger charge is 2.32. The van der Waals surface area contributed by atoms with E-state index in [1.807, 2.05) is 11.0 Å². The Morgan fingerprint density at radius 3 is 2.88 bits per heavy atom. The molecule has 2 aromatic rings. The molecule has 6 nitrogen and oxygen atoms in total. The third-order valence-corrected chi connectivity index (χ3v) is 6.19. The Bertz CT molecular complexity index is 785. The van der Waals surface area contributed by atoms with Gasteiger partial charge in [0.15, 0.2) is 11.2 Å². The lowest BCUT2D eigenvalue weighted by Crippen LogP contribution is -2.50. The number of aryl methyl sites for hydroxylation is 1. The quantitative estimate of drug-likeness (QED) is 0.840. The molecular formula is C18H23N3O3S. The van der Waals surface area contributed by atoms with Crippen LogP contribution in [0.15, 0.2) is 12.1 Å². The van der Waals surface area contributed by atoms with Gasteiger partial charge in [-0.2, -0.15) is 0 Å². The van der Waals surface area contributed by atoms with Gasteiger partial charge in [0.2, 0.25) is 0 Å². The Morgan fingerprint density at radius 2 is 2.12 bits per heavy atom. The highest BCUT2D eigenvalue weighted by atomic mass is 32.1. The Balaban J connectivity index is 1.58. The number of carbonyl (C=O) groups excluding carboxylic acids is 1. The molecule has 25 heavy (non-hydrogen) atoms. The number of ether oxygens (including phenoxy) is 2. The fourth-order valence-corrected chi connectivity index (χ4v) is 4.60. The van der Waals surface area contributed by atoms with Gasteiger partial charge in [-0.1, -0.05) is 17.4 Å². The van der Waals surface area contributed by atoms with Crippen LogP contribution >= 0.6 is 11.3 Å². The summed E-state index contributed by atoms with van der Waals surface area (Å²) < 4.78 is 12.4. The SMILES string of the molecule is COc1ccc(C)c2sc(N3CCOC(C(=O)N4CCCC4)C3)nc12. The van der Waals surface area contributed by atoms with Crippen molar-refractivity contribution in [3.8, 4) is 5.75 Å². The molecule has 0 N–H and O–H groups in total. The van der Waals surface area contributed by atoms with Gasteiger partial charge < -0.3 is 19.3 Å². The zero-order valence-electron chi connectivity index (χ0n) is 14.7. The van der Waals surface area contributed by atoms with Gasteiger partial charge in [0.1, 0.15) is 11.3 Å². The van der Waals surface area contributed by atoms with E-state index in [-0.39, 0.29) is 12.0 Å². The summed E-state index contributed by atoms with van der Waals surface area (Å²) in [6, 6.07) is 4.02. The molecule has 134 valence electrons. The minimum absolute atomic E-state index is 0.122. The number of morpholine rings is 1. The number of amides is 1. The number of anilines is 1. The van der Waals surface area contributed by atoms with Crippen molar-refractivity contribution in [1.29, 1.82) is 0 Å². The molecule has 1 amide bonds. The summed E-state index contributed by atoms with van der Waals surface area (Å²) in [5.41, 5.74) is 2.09. The fourth-order valence-electron chi connectivity index (χ4n) is 3.51. The summed E-state index contributed by atoms with van der Waals surface area (Å²) in [5, 5.41) is 0.935. The molecule has 2 aliphatic rings. The van der Waals surface area contributed by atoms with Crippen LogP contribution in [0, 0.1) is 6.92 Å². The molecule has 3 heterocycles. The first kappa shape index (κ1) is 16.6. The van der Waals surface area contributed by atoms with Gasteiger partial charge in [0.25, 0.3) is 5.91 Å². The summed E-state index contributed by atoms with van der Waals surface area (Å²) >= 11 is 1.66. The number of nitrogens with zero attached hydrogens (tertiary/aromatic N) is 3. The molecule has 0 saturated carbocycles. The Hall–Kier alpha value is -1.86. The lowest BCUT2D eigenvalue weighted by atomic mass is 10.2. The topological polar surface area (TPSA) is 54.9 Å². The van der Waals surface area contributed by atoms with Crippen molar-refractivity contribution < 1.29 is 14.3 Å². The van der Waals surface area contributed by atoms with Crippen molar-refractivity contribution in [3.63, 3.8) is 0 Å². The summed E-state index contributed by atoms with van der Waals surface area (Å²) in [6.07, 6.45) is 1.81. The molecule has 7 heteroatoms. The van der Waals surface area contributed by atoms with Crippen molar-refractivity contribution in [1.82, 2.24) is 9.88 Å². The molecule has 2 saturated heterocycles. The normalized spacial score (nSPS) is 21.1. The van der Waals surface area contributed by atoms with Gasteiger partial charge in [0.05, 0.1) is 25.0 Å². The van der Waals surface area contributed by atoms with E-state index >= 15 is 0 Å². The molecule has 0 aliphatic carbocycles. The van der Waals surface area contributed by atoms with Gasteiger partial charge in [-0.05, 0) is 31.4 Å². The van der Waals surface area contributed by atoms with Crippen molar-refractivity contribution in [2.45, 2.75) is 25.9 Å². The number of hydrogen-bond acceptors (Lipinski definition) is 6. The second-order valence-electron chi connectivity index (χ2n) is 6.60. The Kier molecular flexibility index (Phi) is 4.52. The number of fused-ring (bicyclic) bond motifs is 1. The monoisotopic (exact) mass is 361 g/mol. The average molecular weight is 361 g/mol. The van der Waals surface area contributed by atoms with Crippen LogP contribution in [0.3, 0.4) is 0 Å². The molecule has 1 aromatic carbocycles. The Morgan fingerprint density at radius 1 is 1.32 bits per heavy atom. The van der Waals surface area contributed by atoms with Crippen molar-refractivity contribution >= 4 is 32.6 Å². The predicted octanol–water partition coefficient (Wildman–Crippen LogP) is 2.44. The summed E-state index contributed by atoms with van der Waals surface area (Å²) in [5.74, 6) is 0.915. The minimum atomic E-state index is -0.387. The zero-order valence-corrected chi connectivity index (χ0v) is 15.5. The van der Waals surface area contributed by atoms with E-state index in [1.54, 1.807) is 18.4 Å². The summed E-state index contributed by atoms with van der Waals surface area (Å²) in [7, 11) is 1.67. The molecular weight excluding hydrogens is 338 g/mol. The molecule has 1 atom stereocenters. The maximum atomic E-state index is 12.6. The van der Waals surface area contributed by atoms with Gasteiger partial charge in [-0.25, -0.2) is 4.98 Å². The number of aromatic nitrogens is 1. The molecule has 2 aliphatic heterocycles. The van der Waals surface area contributed by atoms with Crippen molar-refractivity contribution in [2.75, 3.05) is 44.8 Å². The van der Waals surface area contributed by atoms with Crippen LogP contribution in [-0.4, -0.2) is 61.8 Å². The maximum absolute atomic E-state index is 12.6. The molecule has 0 bridgehead atoms. The van der Waals surface area contributed by atoms with E-state index in [4.69, 9.17) is 14.5 Å². The van der Waals surface area contributed by atoms with Crippen LogP contribution in [0.25, 0.3) is 10.2 Å². The van der Waals surface area contributed by atoms with Crippen LogP contribution in [0.1, 0.15) is 18.4 Å². The molecule has 1 aromatic heterocycles. The number of hydrogen-bond donors (Lipinski definition) is 0. The van der Waals surface area contributed by atoms with E-state index in [0.717, 1.165) is 53.6 Å². The van der Waals surface area contributed by atoms with Crippen LogP contribution in [0.4, 0.5) is 5.13 Å². The van der Waals surface area contributed by atoms with E-state index in [1.165, 1.54) is 5.56 Å². The zero-order chi connectivity index (χ0) is 17.4. The first-order valence-corrected chi connectivity index (χ1v) is 9.58. The number of rotatable bonds is 3. The predicted molar refractivity (Wildman–Crippen MR) is 98.7 cm³/mol. The molecule has 1 unspecified atom stereocenters. The molecule has 4 rings (SSSR count). The van der Waals surface area contributed by atoms with Crippen LogP contribution in [0.5, 0.6) is 5.75 Å². The number of thiazole rings is 1. The second kappa shape index (κ2) is 6.80. The first-order chi connectivity index (χ1) is 12.2. The number of methoxy groups -OCH3 is 1. The number of likely N-dealkylation sites (tertiary alicyclic amines) is 1. The summed E-state index contributed by atoms with van der Waals surface area (Å²) in [4.78, 5) is 21.5. The lowest BCUT2D eigenvalue weighted by molar-refractivity contribution is -0.143. The van der Waals surface area contributed by atoms with Gasteiger partial charge >= 0.3 is 0 Å². The van der Waals surface area contributed by atoms with Crippen LogP contribution in [0.2, 0.25) is 0 Å². The van der Waals surface area contributed by atoms with E-state index < -0.39 is 0 Å². The summed E-state index contributed by atoms with van der Waals surface area (Å²) in [6.45, 7) is 5.67.